The van der Waals surface area contributed by atoms with E-state index < -0.39 is 0 Å². The maximum Gasteiger partial charge on any atom is 0.129 e. The van der Waals surface area contributed by atoms with Gasteiger partial charge < -0.3 is 15.4 Å². The number of nitrogens with one attached hydrogen (secondary N) is 2. The summed E-state index contributed by atoms with van der Waals surface area (Å²) in [4.78, 5) is 4.72. The molecular formula is C24H37N3O. The van der Waals surface area contributed by atoms with Gasteiger partial charge in [-0.25, -0.2) is 4.98 Å². The minimum atomic E-state index is 0.535. The minimum absolute atomic E-state index is 0.535. The molecule has 0 aliphatic rings. The highest BCUT2D eigenvalue weighted by molar-refractivity contribution is 5.44. The number of anilines is 1. The number of benzene rings is 1. The first-order valence-corrected chi connectivity index (χ1v) is 10.8. The van der Waals surface area contributed by atoms with E-state index in [0.717, 1.165) is 56.8 Å². The SMILES string of the molecule is CCc1ccc(CCCCNCCOc2ccccc2C(C)CC)nc1NC. The summed E-state index contributed by atoms with van der Waals surface area (Å²) < 4.78 is 6.00. The molecule has 2 aromatic rings. The van der Waals surface area contributed by atoms with E-state index in [2.05, 4.69) is 67.8 Å². The van der Waals surface area contributed by atoms with Crippen LogP contribution in [0.3, 0.4) is 0 Å². The first-order valence-electron chi connectivity index (χ1n) is 10.8. The molecule has 0 radical (unpaired) electrons. The molecule has 1 aromatic heterocycles. The van der Waals surface area contributed by atoms with Crippen molar-refractivity contribution < 1.29 is 4.74 Å². The summed E-state index contributed by atoms with van der Waals surface area (Å²) in [6.07, 6.45) is 5.46. The smallest absolute Gasteiger partial charge is 0.129 e. The van der Waals surface area contributed by atoms with Crippen LogP contribution in [-0.4, -0.2) is 31.7 Å². The van der Waals surface area contributed by atoms with Crippen molar-refractivity contribution in [1.82, 2.24) is 10.3 Å². The van der Waals surface area contributed by atoms with Crippen LogP contribution in [0.15, 0.2) is 36.4 Å². The van der Waals surface area contributed by atoms with Gasteiger partial charge in [0.2, 0.25) is 0 Å². The quantitative estimate of drug-likeness (QED) is 0.467. The Kier molecular flexibility index (Phi) is 9.84. The normalized spacial score (nSPS) is 12.0. The standard InChI is InChI=1S/C24H37N3O/c1-5-19(3)22-12-7-8-13-23(22)28-18-17-26-16-10-9-11-21-15-14-20(6-2)24(25-4)27-21/h7-8,12-15,19,26H,5-6,9-11,16-18H2,1-4H3,(H,25,27). The Balaban J connectivity index is 1.62. The van der Waals surface area contributed by atoms with Crippen LogP contribution in [0, 0.1) is 0 Å². The molecule has 2 rings (SSSR count). The van der Waals surface area contributed by atoms with Crippen LogP contribution in [0.5, 0.6) is 5.75 Å². The van der Waals surface area contributed by atoms with Crippen molar-refractivity contribution in [2.24, 2.45) is 0 Å². The van der Waals surface area contributed by atoms with Crippen molar-refractivity contribution in [2.45, 2.75) is 58.8 Å². The van der Waals surface area contributed by atoms with Crippen LogP contribution in [0.25, 0.3) is 0 Å². The largest absolute Gasteiger partial charge is 0.492 e. The molecule has 28 heavy (non-hydrogen) atoms. The van der Waals surface area contributed by atoms with E-state index >= 15 is 0 Å². The Morgan fingerprint density at radius 2 is 1.86 bits per heavy atom. The zero-order valence-corrected chi connectivity index (χ0v) is 18.1. The zero-order chi connectivity index (χ0) is 20.2. The summed E-state index contributed by atoms with van der Waals surface area (Å²) in [5.74, 6) is 2.58. The van der Waals surface area contributed by atoms with Crippen LogP contribution in [0.1, 0.15) is 62.8 Å². The lowest BCUT2D eigenvalue weighted by atomic mass is 9.98. The average molecular weight is 384 g/mol. The number of unbranched alkanes of at least 4 members (excludes halogenated alkanes) is 1. The minimum Gasteiger partial charge on any atom is -0.492 e. The number of rotatable bonds is 13. The molecule has 0 saturated heterocycles. The molecule has 4 heteroatoms. The van der Waals surface area contributed by atoms with Gasteiger partial charge in [0, 0.05) is 19.3 Å². The summed E-state index contributed by atoms with van der Waals surface area (Å²) in [6.45, 7) is 9.24. The number of aryl methyl sites for hydroxylation is 2. The summed E-state index contributed by atoms with van der Waals surface area (Å²) in [7, 11) is 1.94. The first kappa shape index (κ1) is 22.2. The van der Waals surface area contributed by atoms with Crippen LogP contribution in [0.2, 0.25) is 0 Å². The number of ether oxygens (including phenoxy) is 1. The zero-order valence-electron chi connectivity index (χ0n) is 18.1. The molecule has 0 amide bonds. The molecular weight excluding hydrogens is 346 g/mol. The van der Waals surface area contributed by atoms with Gasteiger partial charge in [-0.15, -0.1) is 0 Å². The van der Waals surface area contributed by atoms with E-state index in [9.17, 15) is 0 Å². The van der Waals surface area contributed by atoms with E-state index in [1.165, 1.54) is 16.8 Å². The molecule has 1 aromatic carbocycles. The lowest BCUT2D eigenvalue weighted by Gasteiger charge is -2.15. The first-order chi connectivity index (χ1) is 13.7. The number of hydrogen-bond acceptors (Lipinski definition) is 4. The summed E-state index contributed by atoms with van der Waals surface area (Å²) >= 11 is 0. The lowest BCUT2D eigenvalue weighted by Crippen LogP contribution is -2.22. The van der Waals surface area contributed by atoms with Crippen molar-refractivity contribution >= 4 is 5.82 Å². The number of aromatic nitrogens is 1. The molecule has 1 atom stereocenters. The Hall–Kier alpha value is -2.07. The predicted molar refractivity (Wildman–Crippen MR) is 120 cm³/mol. The van der Waals surface area contributed by atoms with Crippen molar-refractivity contribution in [1.29, 1.82) is 0 Å². The van der Waals surface area contributed by atoms with Crippen molar-refractivity contribution in [3.63, 3.8) is 0 Å². The molecule has 1 heterocycles. The topological polar surface area (TPSA) is 46.2 Å². The van der Waals surface area contributed by atoms with Gasteiger partial charge in [0.1, 0.15) is 18.2 Å². The molecule has 0 aliphatic carbocycles. The summed E-state index contributed by atoms with van der Waals surface area (Å²) in [5.41, 5.74) is 3.77. The number of hydrogen-bond donors (Lipinski definition) is 2. The maximum absolute atomic E-state index is 6.00. The monoisotopic (exact) mass is 383 g/mol. The van der Waals surface area contributed by atoms with E-state index in [1.54, 1.807) is 0 Å². The van der Waals surface area contributed by atoms with Crippen molar-refractivity contribution in [3.05, 3.63) is 53.2 Å². The highest BCUT2D eigenvalue weighted by atomic mass is 16.5. The lowest BCUT2D eigenvalue weighted by molar-refractivity contribution is 0.309. The third-order valence-electron chi connectivity index (χ3n) is 5.29. The number of pyridine rings is 1. The molecule has 0 fully saturated rings. The van der Waals surface area contributed by atoms with Crippen LogP contribution in [-0.2, 0) is 12.8 Å². The number of nitrogens with zero attached hydrogens (tertiary/aromatic N) is 1. The van der Waals surface area contributed by atoms with Crippen LogP contribution >= 0.6 is 0 Å². The predicted octanol–water partition coefficient (Wildman–Crippen LogP) is 5.19. The van der Waals surface area contributed by atoms with E-state index in [4.69, 9.17) is 9.72 Å². The third kappa shape index (κ3) is 6.83. The Morgan fingerprint density at radius 3 is 2.61 bits per heavy atom. The Bertz CT molecular complexity index is 702. The van der Waals surface area contributed by atoms with Crippen molar-refractivity contribution in [2.75, 3.05) is 32.1 Å². The molecule has 0 saturated carbocycles. The Labute approximate surface area is 171 Å². The molecule has 154 valence electrons. The van der Waals surface area contributed by atoms with Gasteiger partial charge in [0.25, 0.3) is 0 Å². The highest BCUT2D eigenvalue weighted by Gasteiger charge is 2.09. The second-order valence-electron chi connectivity index (χ2n) is 7.32. The van der Waals surface area contributed by atoms with Crippen molar-refractivity contribution in [3.8, 4) is 5.75 Å². The van der Waals surface area contributed by atoms with Gasteiger partial charge in [-0.2, -0.15) is 0 Å². The fourth-order valence-electron chi connectivity index (χ4n) is 3.32. The van der Waals surface area contributed by atoms with Gasteiger partial charge in [-0.1, -0.05) is 45.0 Å². The van der Waals surface area contributed by atoms with Gasteiger partial charge in [-0.3, -0.25) is 0 Å². The van der Waals surface area contributed by atoms with Gasteiger partial charge in [0.05, 0.1) is 0 Å². The number of para-hydroxylation sites is 1. The Morgan fingerprint density at radius 1 is 1.04 bits per heavy atom. The second kappa shape index (κ2) is 12.4. The highest BCUT2D eigenvalue weighted by Crippen LogP contribution is 2.28. The van der Waals surface area contributed by atoms with Crippen LogP contribution in [0.4, 0.5) is 5.82 Å². The summed E-state index contributed by atoms with van der Waals surface area (Å²) in [6, 6.07) is 12.8. The van der Waals surface area contributed by atoms with E-state index in [-0.39, 0.29) is 0 Å². The fraction of sp³-hybridized carbons (Fsp3) is 0.542. The van der Waals surface area contributed by atoms with Gasteiger partial charge in [0.15, 0.2) is 0 Å². The van der Waals surface area contributed by atoms with E-state index in [1.807, 2.05) is 7.05 Å². The summed E-state index contributed by atoms with van der Waals surface area (Å²) in [5, 5.41) is 6.69. The fourth-order valence-corrected chi connectivity index (χ4v) is 3.32. The van der Waals surface area contributed by atoms with Gasteiger partial charge in [-0.05, 0) is 67.8 Å². The molecule has 2 N–H and O–H groups in total. The van der Waals surface area contributed by atoms with Gasteiger partial charge >= 0.3 is 0 Å². The molecule has 4 nitrogen and oxygen atoms in total. The van der Waals surface area contributed by atoms with E-state index in [0.29, 0.717) is 12.5 Å². The molecule has 0 aliphatic heterocycles. The molecule has 0 spiro atoms. The molecule has 0 bridgehead atoms. The third-order valence-corrected chi connectivity index (χ3v) is 5.29. The average Bonchev–Trinajstić information content (AvgIpc) is 2.75. The maximum atomic E-state index is 6.00. The molecule has 1 unspecified atom stereocenters. The van der Waals surface area contributed by atoms with Crippen LogP contribution < -0.4 is 15.4 Å². The second-order valence-corrected chi connectivity index (χ2v) is 7.32.